The molecule has 0 aliphatic carbocycles. The first-order valence-corrected chi connectivity index (χ1v) is 8.96. The molecule has 2 N–H and O–H groups in total. The summed E-state index contributed by atoms with van der Waals surface area (Å²) in [4.78, 5) is 24.8. The number of aromatic nitrogens is 5. The standard InChI is InChI=1S/C20H19N7O2/c1-29-12-17-10-18(27-20(26-17)23-13-24-27)22-11-14-2-4-15(5-3-14)19(28)25-16-6-8-21-9-7-16/h2-10,13,22H,11-12H2,1H3,(H,21,25,28). The quantitative estimate of drug-likeness (QED) is 0.500. The van der Waals surface area contributed by atoms with E-state index in [2.05, 4.69) is 30.7 Å². The summed E-state index contributed by atoms with van der Waals surface area (Å²) in [5, 5.41) is 10.4. The number of anilines is 2. The second-order valence-electron chi connectivity index (χ2n) is 6.28. The molecule has 0 unspecified atom stereocenters. The van der Waals surface area contributed by atoms with E-state index in [9.17, 15) is 4.79 Å². The minimum atomic E-state index is -0.168. The molecule has 3 aromatic heterocycles. The van der Waals surface area contributed by atoms with Gasteiger partial charge in [-0.25, -0.2) is 4.98 Å². The van der Waals surface area contributed by atoms with Crippen molar-refractivity contribution in [2.24, 2.45) is 0 Å². The van der Waals surface area contributed by atoms with E-state index in [1.807, 2.05) is 18.2 Å². The Bertz CT molecular complexity index is 1110. The van der Waals surface area contributed by atoms with E-state index in [1.54, 1.807) is 48.3 Å². The Morgan fingerprint density at radius 2 is 1.93 bits per heavy atom. The fourth-order valence-corrected chi connectivity index (χ4v) is 2.81. The number of carbonyl (C=O) groups is 1. The van der Waals surface area contributed by atoms with E-state index in [0.29, 0.717) is 30.2 Å². The molecule has 0 bridgehead atoms. The van der Waals surface area contributed by atoms with Crippen molar-refractivity contribution in [3.8, 4) is 0 Å². The van der Waals surface area contributed by atoms with E-state index in [-0.39, 0.29) is 5.91 Å². The van der Waals surface area contributed by atoms with Crippen LogP contribution in [0.3, 0.4) is 0 Å². The molecule has 1 aromatic carbocycles. The number of methoxy groups -OCH3 is 1. The van der Waals surface area contributed by atoms with Gasteiger partial charge in [-0.15, -0.1) is 0 Å². The largest absolute Gasteiger partial charge is 0.378 e. The highest BCUT2D eigenvalue weighted by Gasteiger charge is 2.09. The van der Waals surface area contributed by atoms with E-state index in [4.69, 9.17) is 4.74 Å². The maximum Gasteiger partial charge on any atom is 0.255 e. The normalized spacial score (nSPS) is 10.8. The summed E-state index contributed by atoms with van der Waals surface area (Å²) >= 11 is 0. The number of pyridine rings is 1. The van der Waals surface area contributed by atoms with Gasteiger partial charge in [0.2, 0.25) is 0 Å². The predicted molar refractivity (Wildman–Crippen MR) is 107 cm³/mol. The monoisotopic (exact) mass is 389 g/mol. The fourth-order valence-electron chi connectivity index (χ4n) is 2.81. The predicted octanol–water partition coefficient (Wildman–Crippen LogP) is 2.53. The zero-order valence-electron chi connectivity index (χ0n) is 15.7. The van der Waals surface area contributed by atoms with Gasteiger partial charge in [0.15, 0.2) is 0 Å². The molecule has 9 nitrogen and oxygen atoms in total. The molecule has 146 valence electrons. The molecule has 3 heterocycles. The molecule has 0 atom stereocenters. The number of benzene rings is 1. The Kier molecular flexibility index (Phi) is 5.39. The number of rotatable bonds is 7. The van der Waals surface area contributed by atoms with Gasteiger partial charge in [0.05, 0.1) is 12.3 Å². The molecular formula is C20H19N7O2. The van der Waals surface area contributed by atoms with Crippen molar-refractivity contribution in [2.45, 2.75) is 13.2 Å². The first-order chi connectivity index (χ1) is 14.2. The van der Waals surface area contributed by atoms with Gasteiger partial charge < -0.3 is 15.4 Å². The van der Waals surface area contributed by atoms with Gasteiger partial charge in [-0.05, 0) is 29.8 Å². The van der Waals surface area contributed by atoms with Crippen LogP contribution in [0.2, 0.25) is 0 Å². The lowest BCUT2D eigenvalue weighted by molar-refractivity contribution is 0.102. The van der Waals surface area contributed by atoms with Gasteiger partial charge in [-0.1, -0.05) is 12.1 Å². The van der Waals surface area contributed by atoms with Crippen molar-refractivity contribution in [2.75, 3.05) is 17.7 Å². The van der Waals surface area contributed by atoms with Crippen LogP contribution in [0, 0.1) is 0 Å². The molecule has 1 amide bonds. The molecule has 4 aromatic rings. The first kappa shape index (κ1) is 18.5. The summed E-state index contributed by atoms with van der Waals surface area (Å²) in [6.45, 7) is 0.941. The minimum Gasteiger partial charge on any atom is -0.378 e. The number of carbonyl (C=O) groups excluding carboxylic acids is 1. The molecule has 0 saturated carbocycles. The average Bonchev–Trinajstić information content (AvgIpc) is 3.22. The zero-order chi connectivity index (χ0) is 20.1. The number of nitrogens with zero attached hydrogens (tertiary/aromatic N) is 5. The van der Waals surface area contributed by atoms with Crippen molar-refractivity contribution >= 4 is 23.2 Å². The molecule has 0 radical (unpaired) electrons. The lowest BCUT2D eigenvalue weighted by atomic mass is 10.1. The number of hydrogen-bond donors (Lipinski definition) is 2. The molecular weight excluding hydrogens is 370 g/mol. The SMILES string of the molecule is COCc1cc(NCc2ccc(C(=O)Nc3ccncc3)cc2)n2ncnc2n1. The van der Waals surface area contributed by atoms with Crippen LogP contribution in [0.1, 0.15) is 21.6 Å². The van der Waals surface area contributed by atoms with Crippen molar-refractivity contribution in [1.29, 1.82) is 0 Å². The molecule has 0 aliphatic heterocycles. The third kappa shape index (κ3) is 4.36. The maximum atomic E-state index is 12.3. The smallest absolute Gasteiger partial charge is 0.255 e. The topological polar surface area (TPSA) is 106 Å². The van der Waals surface area contributed by atoms with Crippen LogP contribution >= 0.6 is 0 Å². The Labute approximate surface area is 166 Å². The van der Waals surface area contributed by atoms with Crippen molar-refractivity contribution in [3.05, 3.63) is 78.0 Å². The molecule has 0 spiro atoms. The number of hydrogen-bond acceptors (Lipinski definition) is 7. The van der Waals surface area contributed by atoms with Crippen LogP contribution in [0.5, 0.6) is 0 Å². The lowest BCUT2D eigenvalue weighted by Crippen LogP contribution is -2.12. The van der Waals surface area contributed by atoms with Crippen LogP contribution in [0.15, 0.2) is 61.2 Å². The van der Waals surface area contributed by atoms with Gasteiger partial charge in [0.1, 0.15) is 12.1 Å². The van der Waals surface area contributed by atoms with Gasteiger partial charge in [-0.2, -0.15) is 14.6 Å². The van der Waals surface area contributed by atoms with Crippen molar-refractivity contribution < 1.29 is 9.53 Å². The maximum absolute atomic E-state index is 12.3. The Morgan fingerprint density at radius 3 is 2.69 bits per heavy atom. The lowest BCUT2D eigenvalue weighted by Gasteiger charge is -2.10. The zero-order valence-corrected chi connectivity index (χ0v) is 15.7. The van der Waals surface area contributed by atoms with Crippen LogP contribution in [-0.2, 0) is 17.9 Å². The van der Waals surface area contributed by atoms with Crippen molar-refractivity contribution in [1.82, 2.24) is 24.6 Å². The second kappa shape index (κ2) is 8.44. The van der Waals surface area contributed by atoms with Gasteiger partial charge in [0, 0.05) is 43.4 Å². The molecule has 9 heteroatoms. The van der Waals surface area contributed by atoms with Crippen LogP contribution < -0.4 is 10.6 Å². The third-order valence-corrected chi connectivity index (χ3v) is 4.23. The number of ether oxygens (including phenoxy) is 1. The van der Waals surface area contributed by atoms with E-state index in [1.165, 1.54) is 6.33 Å². The summed E-state index contributed by atoms with van der Waals surface area (Å²) in [5.74, 6) is 1.10. The first-order valence-electron chi connectivity index (χ1n) is 8.96. The number of amides is 1. The summed E-state index contributed by atoms with van der Waals surface area (Å²) < 4.78 is 6.79. The van der Waals surface area contributed by atoms with Gasteiger partial charge in [-0.3, -0.25) is 9.78 Å². The molecule has 0 fully saturated rings. The highest BCUT2D eigenvalue weighted by Crippen LogP contribution is 2.14. The fraction of sp³-hybridized carbons (Fsp3) is 0.150. The highest BCUT2D eigenvalue weighted by molar-refractivity contribution is 6.04. The Balaban J connectivity index is 1.44. The van der Waals surface area contributed by atoms with Gasteiger partial charge >= 0.3 is 0 Å². The number of nitrogens with one attached hydrogen (secondary N) is 2. The molecule has 0 aliphatic rings. The third-order valence-electron chi connectivity index (χ3n) is 4.23. The summed E-state index contributed by atoms with van der Waals surface area (Å²) in [6.07, 6.45) is 4.72. The Hall–Kier alpha value is -3.85. The summed E-state index contributed by atoms with van der Waals surface area (Å²) in [7, 11) is 1.62. The molecule has 0 saturated heterocycles. The van der Waals surface area contributed by atoms with Crippen LogP contribution in [0.4, 0.5) is 11.5 Å². The number of fused-ring (bicyclic) bond motifs is 1. The average molecular weight is 389 g/mol. The van der Waals surface area contributed by atoms with E-state index >= 15 is 0 Å². The van der Waals surface area contributed by atoms with Crippen LogP contribution in [-0.4, -0.2) is 37.6 Å². The van der Waals surface area contributed by atoms with Crippen LogP contribution in [0.25, 0.3) is 5.78 Å². The van der Waals surface area contributed by atoms with E-state index in [0.717, 1.165) is 17.1 Å². The molecule has 29 heavy (non-hydrogen) atoms. The molecule has 4 rings (SSSR count). The second-order valence-corrected chi connectivity index (χ2v) is 6.28. The summed E-state index contributed by atoms with van der Waals surface area (Å²) in [5.41, 5.74) is 3.06. The van der Waals surface area contributed by atoms with E-state index < -0.39 is 0 Å². The minimum absolute atomic E-state index is 0.168. The highest BCUT2D eigenvalue weighted by atomic mass is 16.5. The van der Waals surface area contributed by atoms with Crippen molar-refractivity contribution in [3.63, 3.8) is 0 Å². The Morgan fingerprint density at radius 1 is 1.14 bits per heavy atom. The summed E-state index contributed by atoms with van der Waals surface area (Å²) in [6, 6.07) is 12.8. The van der Waals surface area contributed by atoms with Gasteiger partial charge in [0.25, 0.3) is 11.7 Å².